The quantitative estimate of drug-likeness (QED) is 0.548. The predicted molar refractivity (Wildman–Crippen MR) is 124 cm³/mol. The van der Waals surface area contributed by atoms with Crippen molar-refractivity contribution in [1.82, 2.24) is 14.9 Å². The van der Waals surface area contributed by atoms with Crippen molar-refractivity contribution < 1.29 is 9.53 Å². The number of aryl methyl sites for hydroxylation is 1. The highest BCUT2D eigenvalue weighted by atomic mass is 35.5. The Labute approximate surface area is 189 Å². The topological polar surface area (TPSA) is 56.2 Å². The molecule has 1 N–H and O–H groups in total. The van der Waals surface area contributed by atoms with E-state index in [1.807, 2.05) is 83.8 Å². The SMILES string of the molecule is Cn1ccnc1C(NC(=O)COc1ccccc1C1SCCS1)c1ccc(Cl)cc1. The van der Waals surface area contributed by atoms with Crippen LogP contribution in [0.2, 0.25) is 5.02 Å². The van der Waals surface area contributed by atoms with Gasteiger partial charge in [0, 0.05) is 41.5 Å². The summed E-state index contributed by atoms with van der Waals surface area (Å²) in [7, 11) is 1.90. The van der Waals surface area contributed by atoms with Crippen LogP contribution in [0.4, 0.5) is 0 Å². The van der Waals surface area contributed by atoms with Crippen molar-refractivity contribution in [3.63, 3.8) is 0 Å². The Morgan fingerprint density at radius 3 is 2.67 bits per heavy atom. The lowest BCUT2D eigenvalue weighted by molar-refractivity contribution is -0.123. The van der Waals surface area contributed by atoms with E-state index in [0.29, 0.717) is 9.60 Å². The molecule has 1 aliphatic heterocycles. The van der Waals surface area contributed by atoms with Gasteiger partial charge < -0.3 is 14.6 Å². The number of halogens is 1. The van der Waals surface area contributed by atoms with Gasteiger partial charge in [0.05, 0.1) is 4.58 Å². The van der Waals surface area contributed by atoms with Crippen molar-refractivity contribution >= 4 is 41.0 Å². The summed E-state index contributed by atoms with van der Waals surface area (Å²) >= 11 is 9.86. The third-order valence-electron chi connectivity index (χ3n) is 4.78. The molecule has 8 heteroatoms. The van der Waals surface area contributed by atoms with E-state index >= 15 is 0 Å². The van der Waals surface area contributed by atoms with E-state index in [4.69, 9.17) is 16.3 Å². The van der Waals surface area contributed by atoms with Crippen LogP contribution in [0.15, 0.2) is 60.9 Å². The molecule has 1 atom stereocenters. The number of rotatable bonds is 7. The smallest absolute Gasteiger partial charge is 0.258 e. The molecule has 1 saturated heterocycles. The number of amides is 1. The molecule has 1 fully saturated rings. The maximum absolute atomic E-state index is 12.8. The largest absolute Gasteiger partial charge is 0.483 e. The zero-order valence-electron chi connectivity index (χ0n) is 16.5. The van der Waals surface area contributed by atoms with Crippen LogP contribution in [0, 0.1) is 0 Å². The molecule has 4 rings (SSSR count). The number of thioether (sulfide) groups is 2. The highest BCUT2D eigenvalue weighted by Gasteiger charge is 2.23. The average Bonchev–Trinajstić information content (AvgIpc) is 3.43. The first kappa shape index (κ1) is 21.2. The molecule has 1 amide bonds. The van der Waals surface area contributed by atoms with Gasteiger partial charge in [-0.3, -0.25) is 4.79 Å². The fourth-order valence-corrected chi connectivity index (χ4v) is 6.33. The number of aromatic nitrogens is 2. The van der Waals surface area contributed by atoms with Gasteiger partial charge in [-0.1, -0.05) is 41.9 Å². The average molecular weight is 460 g/mol. The standard InChI is InChI=1S/C22H22ClN3O2S2/c1-26-11-10-24-21(26)20(15-6-8-16(23)9-7-15)25-19(27)14-28-18-5-3-2-4-17(18)22-29-12-13-30-22/h2-11,20,22H,12-14H2,1H3,(H,25,27). The predicted octanol–water partition coefficient (Wildman–Crippen LogP) is 4.84. The molecule has 0 saturated carbocycles. The molecule has 1 aliphatic rings. The van der Waals surface area contributed by atoms with Crippen LogP contribution in [0.5, 0.6) is 5.75 Å². The number of carbonyl (C=O) groups is 1. The molecule has 2 heterocycles. The number of ether oxygens (including phenoxy) is 1. The Morgan fingerprint density at radius 2 is 1.97 bits per heavy atom. The lowest BCUT2D eigenvalue weighted by atomic mass is 10.1. The minimum Gasteiger partial charge on any atom is -0.483 e. The maximum Gasteiger partial charge on any atom is 0.258 e. The molecule has 5 nitrogen and oxygen atoms in total. The first-order valence-electron chi connectivity index (χ1n) is 9.59. The van der Waals surface area contributed by atoms with Crippen LogP contribution >= 0.6 is 35.1 Å². The first-order chi connectivity index (χ1) is 14.6. The zero-order chi connectivity index (χ0) is 20.9. The van der Waals surface area contributed by atoms with Crippen molar-refractivity contribution in [2.24, 2.45) is 7.05 Å². The van der Waals surface area contributed by atoms with Crippen molar-refractivity contribution in [3.8, 4) is 5.75 Å². The van der Waals surface area contributed by atoms with Gasteiger partial charge in [-0.2, -0.15) is 0 Å². The molecule has 2 aromatic carbocycles. The number of hydrogen-bond donors (Lipinski definition) is 1. The molecule has 1 aromatic heterocycles. The Morgan fingerprint density at radius 1 is 1.23 bits per heavy atom. The van der Waals surface area contributed by atoms with Gasteiger partial charge in [0.15, 0.2) is 6.61 Å². The molecule has 0 radical (unpaired) electrons. The van der Waals surface area contributed by atoms with Crippen LogP contribution in [0.3, 0.4) is 0 Å². The van der Waals surface area contributed by atoms with Crippen LogP contribution in [0.1, 0.15) is 27.6 Å². The minimum atomic E-state index is -0.394. The second-order valence-electron chi connectivity index (χ2n) is 6.85. The monoisotopic (exact) mass is 459 g/mol. The van der Waals surface area contributed by atoms with Gasteiger partial charge in [-0.25, -0.2) is 4.98 Å². The molecule has 1 unspecified atom stereocenters. The second kappa shape index (κ2) is 9.81. The summed E-state index contributed by atoms with van der Waals surface area (Å²) in [5.74, 6) is 3.57. The Balaban J connectivity index is 1.47. The minimum absolute atomic E-state index is 0.0619. The number of nitrogens with one attached hydrogen (secondary N) is 1. The molecular weight excluding hydrogens is 438 g/mol. The third-order valence-corrected chi connectivity index (χ3v) is 8.10. The molecule has 30 heavy (non-hydrogen) atoms. The number of para-hydroxylation sites is 1. The van der Waals surface area contributed by atoms with E-state index < -0.39 is 6.04 Å². The highest BCUT2D eigenvalue weighted by Crippen LogP contribution is 2.48. The van der Waals surface area contributed by atoms with Gasteiger partial charge in [0.1, 0.15) is 17.6 Å². The van der Waals surface area contributed by atoms with Gasteiger partial charge in [-0.05, 0) is 23.8 Å². The van der Waals surface area contributed by atoms with E-state index in [0.717, 1.165) is 34.2 Å². The van der Waals surface area contributed by atoms with Crippen LogP contribution in [0.25, 0.3) is 0 Å². The summed E-state index contributed by atoms with van der Waals surface area (Å²) in [6.07, 6.45) is 3.57. The molecule has 0 bridgehead atoms. The number of carbonyl (C=O) groups excluding carboxylic acids is 1. The summed E-state index contributed by atoms with van der Waals surface area (Å²) in [4.78, 5) is 17.2. The fourth-order valence-electron chi connectivity index (χ4n) is 3.30. The summed E-state index contributed by atoms with van der Waals surface area (Å²) in [5.41, 5.74) is 2.04. The highest BCUT2D eigenvalue weighted by molar-refractivity contribution is 8.19. The summed E-state index contributed by atoms with van der Waals surface area (Å²) < 4.78 is 8.18. The maximum atomic E-state index is 12.8. The zero-order valence-corrected chi connectivity index (χ0v) is 18.8. The molecular formula is C22H22ClN3O2S2. The number of benzene rings is 2. The van der Waals surface area contributed by atoms with Crippen LogP contribution < -0.4 is 10.1 Å². The van der Waals surface area contributed by atoms with Gasteiger partial charge in [0.2, 0.25) is 0 Å². The Hall–Kier alpha value is -2.09. The number of imidazole rings is 1. The summed E-state index contributed by atoms with van der Waals surface area (Å²) in [6.45, 7) is -0.0619. The van der Waals surface area contributed by atoms with Crippen molar-refractivity contribution in [1.29, 1.82) is 0 Å². The number of nitrogens with zero attached hydrogens (tertiary/aromatic N) is 2. The van der Waals surface area contributed by atoms with Crippen molar-refractivity contribution in [3.05, 3.63) is 82.9 Å². The van der Waals surface area contributed by atoms with Gasteiger partial charge in [-0.15, -0.1) is 23.5 Å². The van der Waals surface area contributed by atoms with E-state index in [2.05, 4.69) is 16.4 Å². The summed E-state index contributed by atoms with van der Waals surface area (Å²) in [6, 6.07) is 15.0. The normalized spacial score (nSPS) is 15.1. The first-order valence-corrected chi connectivity index (χ1v) is 12.1. The molecule has 3 aromatic rings. The van der Waals surface area contributed by atoms with E-state index in [1.165, 1.54) is 0 Å². The van der Waals surface area contributed by atoms with E-state index in [-0.39, 0.29) is 12.5 Å². The third kappa shape index (κ3) is 4.96. The van der Waals surface area contributed by atoms with E-state index in [1.54, 1.807) is 6.20 Å². The van der Waals surface area contributed by atoms with Crippen molar-refractivity contribution in [2.75, 3.05) is 18.1 Å². The van der Waals surface area contributed by atoms with Crippen LogP contribution in [-0.2, 0) is 11.8 Å². The Bertz CT molecular complexity index is 1000. The van der Waals surface area contributed by atoms with E-state index in [9.17, 15) is 4.79 Å². The van der Waals surface area contributed by atoms with Crippen molar-refractivity contribution in [2.45, 2.75) is 10.6 Å². The molecule has 0 spiro atoms. The lowest BCUT2D eigenvalue weighted by Gasteiger charge is -2.20. The molecule has 0 aliphatic carbocycles. The van der Waals surface area contributed by atoms with Gasteiger partial charge >= 0.3 is 0 Å². The van der Waals surface area contributed by atoms with Gasteiger partial charge in [0.25, 0.3) is 5.91 Å². The lowest BCUT2D eigenvalue weighted by Crippen LogP contribution is -2.34. The molecule has 156 valence electrons. The fraction of sp³-hybridized carbons (Fsp3) is 0.273. The Kier molecular flexibility index (Phi) is 6.92. The summed E-state index contributed by atoms with van der Waals surface area (Å²) in [5, 5.41) is 3.70. The van der Waals surface area contributed by atoms with Crippen LogP contribution in [-0.4, -0.2) is 33.6 Å². The number of hydrogen-bond acceptors (Lipinski definition) is 5. The second-order valence-corrected chi connectivity index (χ2v) is 10.0.